The summed E-state index contributed by atoms with van der Waals surface area (Å²) in [6.45, 7) is 6.10. The van der Waals surface area contributed by atoms with E-state index in [9.17, 15) is 28.3 Å². The molecule has 3 rings (SSSR count). The van der Waals surface area contributed by atoms with Crippen LogP contribution in [0.25, 0.3) is 0 Å². The van der Waals surface area contributed by atoms with Crippen LogP contribution in [0.1, 0.15) is 74.5 Å². The van der Waals surface area contributed by atoms with Gasteiger partial charge in [-0.3, -0.25) is 4.79 Å². The summed E-state index contributed by atoms with van der Waals surface area (Å²) in [5.41, 5.74) is -1.34. The average Bonchev–Trinajstić information content (AvgIpc) is 2.87. The van der Waals surface area contributed by atoms with Crippen LogP contribution in [0, 0.1) is 0 Å². The second-order valence-electron chi connectivity index (χ2n) is 10.5. The van der Waals surface area contributed by atoms with Gasteiger partial charge in [-0.2, -0.15) is 0 Å². The number of alkyl halides is 4. The molecule has 2 amide bonds. The molecule has 42 heavy (non-hydrogen) atoms. The number of benzene rings is 2. The van der Waals surface area contributed by atoms with Crippen LogP contribution in [0.5, 0.6) is 11.5 Å². The van der Waals surface area contributed by atoms with Crippen LogP contribution in [-0.4, -0.2) is 64.9 Å². The molecule has 12 heteroatoms. The van der Waals surface area contributed by atoms with Crippen molar-refractivity contribution in [2.75, 3.05) is 19.8 Å². The summed E-state index contributed by atoms with van der Waals surface area (Å²) in [7, 11) is 0. The highest BCUT2D eigenvalue weighted by molar-refractivity contribution is 6.00. The number of ketones is 1. The Labute approximate surface area is 242 Å². The van der Waals surface area contributed by atoms with E-state index in [1.165, 1.54) is 26.0 Å². The molecule has 1 aliphatic carbocycles. The van der Waals surface area contributed by atoms with Crippen molar-refractivity contribution in [3.05, 3.63) is 59.2 Å². The van der Waals surface area contributed by atoms with Gasteiger partial charge in [0.2, 0.25) is 0 Å². The second kappa shape index (κ2) is 13.0. The number of hydrogen-bond acceptors (Lipinski definition) is 5. The van der Waals surface area contributed by atoms with E-state index in [2.05, 4.69) is 5.32 Å². The summed E-state index contributed by atoms with van der Waals surface area (Å²) in [5, 5.41) is 11.8. The maximum absolute atomic E-state index is 15.1. The molecule has 1 atom stereocenters. The summed E-state index contributed by atoms with van der Waals surface area (Å²) < 4.78 is 69.0. The molecular weight excluding hydrogens is 560 g/mol. The Morgan fingerprint density at radius 1 is 1.05 bits per heavy atom. The monoisotopic (exact) mass is 596 g/mol. The van der Waals surface area contributed by atoms with Crippen molar-refractivity contribution in [1.82, 2.24) is 10.2 Å². The van der Waals surface area contributed by atoms with Gasteiger partial charge in [-0.25, -0.2) is 27.2 Å². The lowest BCUT2D eigenvalue weighted by molar-refractivity contribution is -0.175. The Balaban J connectivity index is 1.98. The summed E-state index contributed by atoms with van der Waals surface area (Å²) in [6, 6.07) is 8.95. The van der Waals surface area contributed by atoms with Gasteiger partial charge in [0.15, 0.2) is 11.3 Å². The zero-order chi connectivity index (χ0) is 31.3. The highest BCUT2D eigenvalue weighted by atomic mass is 19.3. The number of hydrogen-bond donors (Lipinski definition) is 2. The number of aliphatic carboxylic acids is 1. The van der Waals surface area contributed by atoms with Gasteiger partial charge in [0, 0.05) is 32.2 Å². The molecule has 1 aliphatic rings. The van der Waals surface area contributed by atoms with Crippen LogP contribution in [0.4, 0.5) is 22.4 Å². The lowest BCUT2D eigenvalue weighted by Gasteiger charge is -2.45. The van der Waals surface area contributed by atoms with Gasteiger partial charge < -0.3 is 24.8 Å². The third kappa shape index (κ3) is 7.71. The molecular formula is C30H36F4N2O6. The Morgan fingerprint density at radius 2 is 1.60 bits per heavy atom. The molecule has 1 fully saturated rings. The van der Waals surface area contributed by atoms with Crippen LogP contribution in [0.3, 0.4) is 0 Å². The summed E-state index contributed by atoms with van der Waals surface area (Å²) in [4.78, 5) is 38.8. The smallest absolute Gasteiger partial charge is 0.329 e. The highest BCUT2D eigenvalue weighted by Gasteiger charge is 2.62. The maximum Gasteiger partial charge on any atom is 0.329 e. The van der Waals surface area contributed by atoms with Crippen molar-refractivity contribution < 1.29 is 46.5 Å². The van der Waals surface area contributed by atoms with Crippen LogP contribution < -0.4 is 14.8 Å². The largest absolute Gasteiger partial charge is 0.493 e. The van der Waals surface area contributed by atoms with E-state index in [1.807, 2.05) is 0 Å². The molecule has 0 aliphatic heterocycles. The maximum atomic E-state index is 15.1. The quantitative estimate of drug-likeness (QED) is 0.197. The summed E-state index contributed by atoms with van der Waals surface area (Å²) in [5.74, 6) is -8.20. The zero-order valence-corrected chi connectivity index (χ0v) is 24.0. The first-order chi connectivity index (χ1) is 19.6. The van der Waals surface area contributed by atoms with Gasteiger partial charge in [-0.15, -0.1) is 0 Å². The highest BCUT2D eigenvalue weighted by Crippen LogP contribution is 2.46. The van der Waals surface area contributed by atoms with Gasteiger partial charge in [0.05, 0.1) is 19.3 Å². The first kappa shape index (κ1) is 32.7. The number of carbonyl (C=O) groups is 3. The Bertz CT molecular complexity index is 1250. The van der Waals surface area contributed by atoms with Crippen LogP contribution >= 0.6 is 0 Å². The van der Waals surface area contributed by atoms with Crippen molar-refractivity contribution in [2.45, 2.75) is 76.8 Å². The van der Waals surface area contributed by atoms with E-state index in [-0.39, 0.29) is 36.1 Å². The van der Waals surface area contributed by atoms with Gasteiger partial charge in [0.25, 0.3) is 11.8 Å². The van der Waals surface area contributed by atoms with Crippen molar-refractivity contribution in [1.29, 1.82) is 0 Å². The number of halogens is 4. The summed E-state index contributed by atoms with van der Waals surface area (Å²) in [6.07, 6.45) is -3.63. The van der Waals surface area contributed by atoms with Crippen LogP contribution in [0.2, 0.25) is 0 Å². The Morgan fingerprint density at radius 3 is 2.05 bits per heavy atom. The predicted octanol–water partition coefficient (Wildman–Crippen LogP) is 6.28. The van der Waals surface area contributed by atoms with Gasteiger partial charge >= 0.3 is 12.0 Å². The Kier molecular flexibility index (Phi) is 10.1. The molecule has 2 N–H and O–H groups in total. The Hall–Kier alpha value is -3.83. The predicted molar refractivity (Wildman–Crippen MR) is 147 cm³/mol. The van der Waals surface area contributed by atoms with Gasteiger partial charge in [-0.05, 0) is 51.0 Å². The van der Waals surface area contributed by atoms with Crippen molar-refractivity contribution in [3.63, 3.8) is 0 Å². The molecule has 230 valence electrons. The number of carboxylic acid groups (broad SMARTS) is 1. The third-order valence-electron chi connectivity index (χ3n) is 7.15. The second-order valence-corrected chi connectivity index (χ2v) is 10.5. The molecule has 0 bridgehead atoms. The topological polar surface area (TPSA) is 105 Å². The van der Waals surface area contributed by atoms with E-state index in [4.69, 9.17) is 9.47 Å². The minimum atomic E-state index is -3.29. The molecule has 0 aromatic heterocycles. The average molecular weight is 597 g/mol. The molecule has 2 aromatic rings. The molecule has 8 nitrogen and oxygen atoms in total. The fraction of sp³-hybridized carbons (Fsp3) is 0.500. The zero-order valence-electron chi connectivity index (χ0n) is 24.0. The number of carboxylic acids is 1. The molecule has 0 spiro atoms. The lowest BCUT2D eigenvalue weighted by Crippen LogP contribution is -2.68. The van der Waals surface area contributed by atoms with Crippen molar-refractivity contribution >= 4 is 17.8 Å². The van der Waals surface area contributed by atoms with E-state index < -0.39 is 67.7 Å². The normalized spacial score (nSPS) is 16.1. The molecule has 0 heterocycles. The van der Waals surface area contributed by atoms with E-state index in [0.29, 0.717) is 11.1 Å². The van der Waals surface area contributed by atoms with Crippen molar-refractivity contribution in [3.8, 4) is 11.5 Å². The van der Waals surface area contributed by atoms with Crippen LogP contribution in [0.15, 0.2) is 42.5 Å². The lowest BCUT2D eigenvalue weighted by atomic mass is 9.73. The van der Waals surface area contributed by atoms with E-state index >= 15 is 8.78 Å². The molecule has 0 unspecified atom stereocenters. The fourth-order valence-electron chi connectivity index (χ4n) is 5.06. The van der Waals surface area contributed by atoms with Gasteiger partial charge in [0.1, 0.15) is 17.1 Å². The van der Waals surface area contributed by atoms with E-state index in [1.54, 1.807) is 44.2 Å². The number of nitrogens with one attached hydrogen (secondary N) is 1. The number of nitrogens with zero attached hydrogens (tertiary/aromatic N) is 1. The molecule has 0 saturated heterocycles. The SMILES string of the molecule is CCOc1cc([C@@H](C)N(CCC(F)(F)Cc2ccccc2)C(=O)NC2(C(=O)O)CC(F)(F)C2)cc(OCC)c1C(C)=O. The van der Waals surface area contributed by atoms with Gasteiger partial charge in [-0.1, -0.05) is 30.3 Å². The number of rotatable bonds is 14. The molecule has 2 aromatic carbocycles. The summed E-state index contributed by atoms with van der Waals surface area (Å²) >= 11 is 0. The fourth-order valence-corrected chi connectivity index (χ4v) is 5.06. The van der Waals surface area contributed by atoms with E-state index in [0.717, 1.165) is 4.90 Å². The third-order valence-corrected chi connectivity index (χ3v) is 7.15. The number of carbonyl (C=O) groups excluding carboxylic acids is 2. The number of urea groups is 1. The first-order valence-electron chi connectivity index (χ1n) is 13.7. The van der Waals surface area contributed by atoms with Crippen LogP contribution in [-0.2, 0) is 11.2 Å². The minimum absolute atomic E-state index is 0.160. The number of Topliss-reactive ketones (excluding diaryl/α,β-unsaturated/α-hetero) is 1. The molecule has 1 saturated carbocycles. The first-order valence-corrected chi connectivity index (χ1v) is 13.7. The number of ether oxygens (including phenoxy) is 2. The number of amides is 2. The van der Waals surface area contributed by atoms with Crippen molar-refractivity contribution in [2.24, 2.45) is 0 Å². The minimum Gasteiger partial charge on any atom is -0.493 e. The standard InChI is InChI=1S/C30H36F4N2O6/c1-5-41-23-14-22(15-24(42-6-2)25(23)20(4)37)19(3)36(13-12-29(31,32)16-21-10-8-7-9-11-21)27(40)35-28(26(38)39)17-30(33,34)18-28/h7-11,14-15,19H,5-6,12-13,16-18H2,1-4H3,(H,35,40)(H,38,39)/t19-/m1/s1. The molecule has 0 radical (unpaired) electrons.